The average molecular weight is 237 g/mol. The van der Waals surface area contributed by atoms with Crippen LogP contribution in [0.2, 0.25) is 0 Å². The van der Waals surface area contributed by atoms with Gasteiger partial charge in [0.25, 0.3) is 0 Å². The van der Waals surface area contributed by atoms with E-state index in [2.05, 4.69) is 52.0 Å². The van der Waals surface area contributed by atoms with Crippen molar-refractivity contribution in [3.05, 3.63) is 35.4 Å². The van der Waals surface area contributed by atoms with Crippen molar-refractivity contribution in [2.24, 2.45) is 5.73 Å². The molecular weight excluding hydrogens is 214 g/mol. The monoisotopic (exact) mass is 237 g/mol. The normalized spacial score (nSPS) is 15.1. The SMILES string of the molecule is CCC(N)C(SC(C)C)c1cccc(C)c1. The molecule has 1 nitrogen and oxygen atoms in total. The Labute approximate surface area is 104 Å². The molecule has 1 aromatic rings. The van der Waals surface area contributed by atoms with Gasteiger partial charge in [0, 0.05) is 11.3 Å². The van der Waals surface area contributed by atoms with Crippen LogP contribution in [-0.4, -0.2) is 11.3 Å². The lowest BCUT2D eigenvalue weighted by molar-refractivity contribution is 0.632. The predicted octanol–water partition coefficient (Wildman–Crippen LogP) is 3.92. The van der Waals surface area contributed by atoms with Crippen LogP contribution in [0.3, 0.4) is 0 Å². The summed E-state index contributed by atoms with van der Waals surface area (Å²) in [6, 6.07) is 8.96. The quantitative estimate of drug-likeness (QED) is 0.840. The van der Waals surface area contributed by atoms with Crippen molar-refractivity contribution in [2.45, 2.75) is 50.7 Å². The molecule has 0 aromatic heterocycles. The summed E-state index contributed by atoms with van der Waals surface area (Å²) in [4.78, 5) is 0. The van der Waals surface area contributed by atoms with Gasteiger partial charge in [0.2, 0.25) is 0 Å². The Kier molecular flexibility index (Phi) is 5.36. The molecule has 0 aliphatic rings. The van der Waals surface area contributed by atoms with Crippen LogP contribution in [-0.2, 0) is 0 Å². The third-order valence-corrected chi connectivity index (χ3v) is 4.11. The molecule has 2 N–H and O–H groups in total. The standard InChI is InChI=1S/C14H23NS/c1-5-13(15)14(16-10(2)3)12-8-6-7-11(4)9-12/h6-10,13-14H,5,15H2,1-4H3. The van der Waals surface area contributed by atoms with Crippen molar-refractivity contribution in [3.8, 4) is 0 Å². The van der Waals surface area contributed by atoms with Crippen LogP contribution in [0.4, 0.5) is 0 Å². The first kappa shape index (κ1) is 13.6. The zero-order valence-electron chi connectivity index (χ0n) is 10.7. The lowest BCUT2D eigenvalue weighted by atomic mass is 10.0. The molecule has 90 valence electrons. The molecule has 2 unspecified atom stereocenters. The van der Waals surface area contributed by atoms with E-state index in [4.69, 9.17) is 5.73 Å². The molecule has 16 heavy (non-hydrogen) atoms. The smallest absolute Gasteiger partial charge is 0.0450 e. The summed E-state index contributed by atoms with van der Waals surface area (Å²) in [6.07, 6.45) is 1.03. The zero-order valence-corrected chi connectivity index (χ0v) is 11.6. The number of hydrogen-bond donors (Lipinski definition) is 1. The number of thioether (sulfide) groups is 1. The highest BCUT2D eigenvalue weighted by atomic mass is 32.2. The first-order chi connectivity index (χ1) is 7.54. The van der Waals surface area contributed by atoms with E-state index in [-0.39, 0.29) is 6.04 Å². The van der Waals surface area contributed by atoms with Gasteiger partial charge in [0.05, 0.1) is 0 Å². The lowest BCUT2D eigenvalue weighted by Crippen LogP contribution is -2.26. The number of hydrogen-bond acceptors (Lipinski definition) is 2. The molecule has 0 aliphatic carbocycles. The first-order valence-corrected chi connectivity index (χ1v) is 6.96. The van der Waals surface area contributed by atoms with Crippen molar-refractivity contribution in [1.82, 2.24) is 0 Å². The molecule has 0 saturated carbocycles. The number of aryl methyl sites for hydroxylation is 1. The van der Waals surface area contributed by atoms with Gasteiger partial charge in [0.1, 0.15) is 0 Å². The van der Waals surface area contributed by atoms with E-state index in [1.54, 1.807) is 0 Å². The molecule has 2 heteroatoms. The maximum atomic E-state index is 6.23. The van der Waals surface area contributed by atoms with E-state index in [0.29, 0.717) is 10.5 Å². The first-order valence-electron chi connectivity index (χ1n) is 6.02. The molecule has 0 fully saturated rings. The van der Waals surface area contributed by atoms with E-state index < -0.39 is 0 Å². The van der Waals surface area contributed by atoms with Crippen LogP contribution in [0, 0.1) is 6.92 Å². The maximum absolute atomic E-state index is 6.23. The predicted molar refractivity (Wildman–Crippen MR) is 74.9 cm³/mol. The summed E-state index contributed by atoms with van der Waals surface area (Å²) in [5.74, 6) is 0. The Morgan fingerprint density at radius 2 is 2.00 bits per heavy atom. The lowest BCUT2D eigenvalue weighted by Gasteiger charge is -2.25. The van der Waals surface area contributed by atoms with Crippen LogP contribution in [0.1, 0.15) is 43.6 Å². The fourth-order valence-corrected chi connectivity index (χ4v) is 3.07. The van der Waals surface area contributed by atoms with Gasteiger partial charge in [-0.25, -0.2) is 0 Å². The molecule has 1 rings (SSSR count). The average Bonchev–Trinajstić information content (AvgIpc) is 2.24. The minimum absolute atomic E-state index is 0.245. The molecule has 0 amide bonds. The van der Waals surface area contributed by atoms with E-state index in [9.17, 15) is 0 Å². The second-order valence-corrected chi connectivity index (χ2v) is 6.31. The fourth-order valence-electron chi connectivity index (χ4n) is 1.78. The zero-order chi connectivity index (χ0) is 12.1. The van der Waals surface area contributed by atoms with Gasteiger partial charge < -0.3 is 5.73 Å². The summed E-state index contributed by atoms with van der Waals surface area (Å²) >= 11 is 1.97. The second kappa shape index (κ2) is 6.31. The molecule has 0 heterocycles. The van der Waals surface area contributed by atoms with Crippen molar-refractivity contribution in [3.63, 3.8) is 0 Å². The van der Waals surface area contributed by atoms with Crippen molar-refractivity contribution >= 4 is 11.8 Å². The minimum atomic E-state index is 0.245. The van der Waals surface area contributed by atoms with E-state index in [0.717, 1.165) is 6.42 Å². The van der Waals surface area contributed by atoms with Crippen LogP contribution in [0.5, 0.6) is 0 Å². The number of benzene rings is 1. The van der Waals surface area contributed by atoms with Gasteiger partial charge in [-0.2, -0.15) is 0 Å². The second-order valence-electron chi connectivity index (χ2n) is 4.59. The Balaban J connectivity index is 2.91. The minimum Gasteiger partial charge on any atom is -0.326 e. The van der Waals surface area contributed by atoms with Gasteiger partial charge in [-0.1, -0.05) is 50.6 Å². The largest absolute Gasteiger partial charge is 0.326 e. The summed E-state index contributed by atoms with van der Waals surface area (Å²) in [6.45, 7) is 8.76. The van der Waals surface area contributed by atoms with Crippen molar-refractivity contribution < 1.29 is 0 Å². The maximum Gasteiger partial charge on any atom is 0.0450 e. The molecule has 0 spiro atoms. The highest BCUT2D eigenvalue weighted by Crippen LogP contribution is 2.35. The van der Waals surface area contributed by atoms with Gasteiger partial charge in [-0.15, -0.1) is 11.8 Å². The Hall–Kier alpha value is -0.470. The molecule has 1 aromatic carbocycles. The van der Waals surface area contributed by atoms with Crippen LogP contribution in [0.25, 0.3) is 0 Å². The molecular formula is C14H23NS. The third-order valence-electron chi connectivity index (χ3n) is 2.65. The summed E-state index contributed by atoms with van der Waals surface area (Å²) in [7, 11) is 0. The third kappa shape index (κ3) is 3.84. The Bertz CT molecular complexity index is 322. The Morgan fingerprint density at radius 1 is 1.31 bits per heavy atom. The highest BCUT2D eigenvalue weighted by Gasteiger charge is 2.20. The molecule has 0 aliphatic heterocycles. The molecule has 2 atom stereocenters. The number of nitrogens with two attached hydrogens (primary N) is 1. The molecule has 0 radical (unpaired) electrons. The van der Waals surface area contributed by atoms with Crippen LogP contribution >= 0.6 is 11.8 Å². The van der Waals surface area contributed by atoms with Crippen LogP contribution in [0.15, 0.2) is 24.3 Å². The van der Waals surface area contributed by atoms with E-state index >= 15 is 0 Å². The number of rotatable bonds is 5. The summed E-state index contributed by atoms with van der Waals surface area (Å²) in [5, 5.41) is 1.04. The van der Waals surface area contributed by atoms with E-state index in [1.165, 1.54) is 11.1 Å². The van der Waals surface area contributed by atoms with Gasteiger partial charge in [-0.3, -0.25) is 0 Å². The Morgan fingerprint density at radius 3 is 2.50 bits per heavy atom. The topological polar surface area (TPSA) is 26.0 Å². The summed E-state index contributed by atoms with van der Waals surface area (Å²) < 4.78 is 0. The van der Waals surface area contributed by atoms with Gasteiger partial charge in [0.15, 0.2) is 0 Å². The molecule has 0 bridgehead atoms. The van der Waals surface area contributed by atoms with E-state index in [1.807, 2.05) is 11.8 Å². The highest BCUT2D eigenvalue weighted by molar-refractivity contribution is 8.00. The van der Waals surface area contributed by atoms with Crippen molar-refractivity contribution in [2.75, 3.05) is 0 Å². The van der Waals surface area contributed by atoms with Crippen LogP contribution < -0.4 is 5.73 Å². The molecule has 0 saturated heterocycles. The van der Waals surface area contributed by atoms with Gasteiger partial charge >= 0.3 is 0 Å². The van der Waals surface area contributed by atoms with Crippen molar-refractivity contribution in [1.29, 1.82) is 0 Å². The summed E-state index contributed by atoms with van der Waals surface area (Å²) in [5.41, 5.74) is 8.91. The van der Waals surface area contributed by atoms with Gasteiger partial charge in [-0.05, 0) is 24.2 Å². The fraction of sp³-hybridized carbons (Fsp3) is 0.571.